The first-order valence-electron chi connectivity index (χ1n) is 35.3. The van der Waals surface area contributed by atoms with Crippen molar-refractivity contribution in [3.63, 3.8) is 0 Å². The first-order chi connectivity index (χ1) is 41.7. The summed E-state index contributed by atoms with van der Waals surface area (Å²) in [6, 6.07) is 0. The molecular formula is C67H130O17P2. The van der Waals surface area contributed by atoms with E-state index in [1.807, 2.05) is 0 Å². The van der Waals surface area contributed by atoms with Crippen LogP contribution in [0, 0.1) is 0 Å². The molecular weight excluding hydrogens is 1140 g/mol. The molecule has 0 saturated carbocycles. The summed E-state index contributed by atoms with van der Waals surface area (Å²) in [5, 5.41) is 10.5. The fourth-order valence-corrected chi connectivity index (χ4v) is 11.7. The van der Waals surface area contributed by atoms with Gasteiger partial charge in [-0.05, 0) is 25.7 Å². The summed E-state index contributed by atoms with van der Waals surface area (Å²) in [6.07, 6.45) is 48.7. The fraction of sp³-hybridized carbons (Fsp3) is 0.940. The van der Waals surface area contributed by atoms with Crippen molar-refractivity contribution in [1.29, 1.82) is 0 Å². The summed E-state index contributed by atoms with van der Waals surface area (Å²) in [4.78, 5) is 72.2. The Morgan fingerprint density at radius 3 is 0.686 bits per heavy atom. The Bertz CT molecular complexity index is 1650. The zero-order valence-electron chi connectivity index (χ0n) is 55.3. The SMILES string of the molecule is CCCCCCCCCCCCCCCCCCCCCC(=O)O[C@H](COC(=O)CCCCCCCCCCCC)COP(=O)(O)OC[C@@H](O)COP(=O)(O)OC[C@@H](COC(=O)CCCCCCCCCC)OC(=O)CCCCCCCCCCC. The number of carbonyl (C=O) groups excluding carboxylic acids is 4. The second-order valence-electron chi connectivity index (χ2n) is 24.2. The first-order valence-corrected chi connectivity index (χ1v) is 38.3. The largest absolute Gasteiger partial charge is 0.472 e. The van der Waals surface area contributed by atoms with Crippen LogP contribution < -0.4 is 0 Å². The van der Waals surface area contributed by atoms with Gasteiger partial charge in [-0.2, -0.15) is 0 Å². The number of esters is 4. The molecule has 0 aromatic heterocycles. The Hall–Kier alpha value is -1.94. The van der Waals surface area contributed by atoms with Gasteiger partial charge in [0.25, 0.3) is 0 Å². The molecule has 3 N–H and O–H groups in total. The Balaban J connectivity index is 5.14. The van der Waals surface area contributed by atoms with Crippen molar-refractivity contribution in [3.8, 4) is 0 Å². The van der Waals surface area contributed by atoms with E-state index in [2.05, 4.69) is 27.7 Å². The van der Waals surface area contributed by atoms with Crippen molar-refractivity contribution in [1.82, 2.24) is 0 Å². The third-order valence-corrected chi connectivity index (χ3v) is 17.5. The van der Waals surface area contributed by atoms with Crippen molar-refractivity contribution >= 4 is 39.5 Å². The monoisotopic (exact) mass is 1270 g/mol. The number of aliphatic hydroxyl groups is 1. The van der Waals surface area contributed by atoms with E-state index in [4.69, 9.17) is 37.0 Å². The van der Waals surface area contributed by atoms with Gasteiger partial charge in [-0.1, -0.05) is 297 Å². The van der Waals surface area contributed by atoms with E-state index < -0.39 is 97.5 Å². The predicted octanol–water partition coefficient (Wildman–Crippen LogP) is 19.1. The van der Waals surface area contributed by atoms with Crippen LogP contribution >= 0.6 is 15.6 Å². The first kappa shape index (κ1) is 84.1. The number of phosphoric acid groups is 2. The Labute approximate surface area is 524 Å². The van der Waals surface area contributed by atoms with Crippen molar-refractivity contribution in [2.75, 3.05) is 39.6 Å². The van der Waals surface area contributed by atoms with Gasteiger partial charge in [0.15, 0.2) is 12.2 Å². The number of hydrogen-bond donors (Lipinski definition) is 3. The Kier molecular flexibility index (Phi) is 60.5. The van der Waals surface area contributed by atoms with E-state index in [1.165, 1.54) is 173 Å². The molecule has 0 rings (SSSR count). The minimum atomic E-state index is -4.94. The Morgan fingerprint density at radius 2 is 0.465 bits per heavy atom. The average Bonchev–Trinajstić information content (AvgIpc) is 3.60. The second kappa shape index (κ2) is 61.9. The molecule has 0 amide bonds. The van der Waals surface area contributed by atoms with E-state index in [-0.39, 0.29) is 25.7 Å². The molecule has 0 aliphatic rings. The van der Waals surface area contributed by atoms with E-state index in [0.29, 0.717) is 25.7 Å². The number of aliphatic hydroxyl groups excluding tert-OH is 1. The van der Waals surface area contributed by atoms with Crippen molar-refractivity contribution in [2.24, 2.45) is 0 Å². The highest BCUT2D eigenvalue weighted by Gasteiger charge is 2.30. The van der Waals surface area contributed by atoms with Crippen LogP contribution in [0.3, 0.4) is 0 Å². The second-order valence-corrected chi connectivity index (χ2v) is 27.1. The number of rotatable bonds is 68. The molecule has 0 aromatic carbocycles. The normalized spacial score (nSPS) is 14.1. The van der Waals surface area contributed by atoms with Gasteiger partial charge in [0.05, 0.1) is 26.4 Å². The van der Waals surface area contributed by atoms with Crippen LogP contribution in [0.15, 0.2) is 0 Å². The maximum Gasteiger partial charge on any atom is 0.472 e. The Morgan fingerprint density at radius 1 is 0.279 bits per heavy atom. The number of ether oxygens (including phenoxy) is 4. The van der Waals surface area contributed by atoms with Gasteiger partial charge >= 0.3 is 39.5 Å². The molecule has 0 radical (unpaired) electrons. The van der Waals surface area contributed by atoms with Crippen LogP contribution in [0.5, 0.6) is 0 Å². The lowest BCUT2D eigenvalue weighted by Crippen LogP contribution is -2.30. The van der Waals surface area contributed by atoms with Gasteiger partial charge in [-0.3, -0.25) is 37.3 Å². The summed E-state index contributed by atoms with van der Waals surface area (Å²) >= 11 is 0. The highest BCUT2D eigenvalue weighted by Crippen LogP contribution is 2.45. The van der Waals surface area contributed by atoms with Gasteiger partial charge < -0.3 is 33.8 Å². The molecule has 0 bridgehead atoms. The number of unbranched alkanes of at least 4 members (excludes halogenated alkanes) is 42. The molecule has 0 aliphatic heterocycles. The molecule has 0 saturated heterocycles. The summed E-state index contributed by atoms with van der Waals surface area (Å²) in [5.41, 5.74) is 0. The van der Waals surface area contributed by atoms with Crippen molar-refractivity contribution in [2.45, 2.75) is 367 Å². The summed E-state index contributed by atoms with van der Waals surface area (Å²) in [6.45, 7) is 4.87. The zero-order valence-corrected chi connectivity index (χ0v) is 57.1. The van der Waals surface area contributed by atoms with Crippen LogP contribution in [-0.2, 0) is 65.4 Å². The van der Waals surface area contributed by atoms with Crippen LogP contribution in [0.1, 0.15) is 349 Å². The molecule has 0 fully saturated rings. The highest BCUT2D eigenvalue weighted by molar-refractivity contribution is 7.47. The minimum absolute atomic E-state index is 0.106. The van der Waals surface area contributed by atoms with Gasteiger partial charge in [-0.15, -0.1) is 0 Å². The van der Waals surface area contributed by atoms with Crippen molar-refractivity contribution < 1.29 is 80.2 Å². The van der Waals surface area contributed by atoms with Crippen molar-refractivity contribution in [3.05, 3.63) is 0 Å². The standard InChI is InChI=1S/C67H130O17P2/c1-5-9-13-17-21-25-27-28-29-30-31-32-33-34-35-38-42-46-50-54-67(72)84-63(58-78-65(70)52-48-44-40-37-26-22-18-14-10-6-2)60-82-86(75,76)80-56-61(68)55-79-85(73,74)81-59-62(57-77-64(69)51-47-43-39-24-20-16-12-8-4)83-66(71)53-49-45-41-36-23-19-15-11-7-3/h61-63,68H,5-60H2,1-4H3,(H,73,74)(H,75,76)/t61-,62+,63+/m0/s1. The molecule has 2 unspecified atom stereocenters. The summed E-state index contributed by atoms with van der Waals surface area (Å²) in [5.74, 6) is -2.13. The van der Waals surface area contributed by atoms with E-state index in [1.54, 1.807) is 0 Å². The third kappa shape index (κ3) is 60.9. The quantitative estimate of drug-likeness (QED) is 0.0222. The van der Waals surface area contributed by atoms with Gasteiger partial charge in [-0.25, -0.2) is 9.13 Å². The van der Waals surface area contributed by atoms with Gasteiger partial charge in [0.2, 0.25) is 0 Å². The summed E-state index contributed by atoms with van der Waals surface area (Å²) < 4.78 is 68.0. The maximum absolute atomic E-state index is 13.0. The zero-order chi connectivity index (χ0) is 63.3. The van der Waals surface area contributed by atoms with E-state index in [0.717, 1.165) is 96.3 Å². The lowest BCUT2D eigenvalue weighted by molar-refractivity contribution is -0.161. The van der Waals surface area contributed by atoms with E-state index in [9.17, 15) is 43.2 Å². The van der Waals surface area contributed by atoms with E-state index >= 15 is 0 Å². The topological polar surface area (TPSA) is 237 Å². The highest BCUT2D eigenvalue weighted by atomic mass is 31.2. The molecule has 17 nitrogen and oxygen atoms in total. The fourth-order valence-electron chi connectivity index (χ4n) is 10.2. The maximum atomic E-state index is 13.0. The molecule has 510 valence electrons. The molecule has 5 atom stereocenters. The molecule has 86 heavy (non-hydrogen) atoms. The third-order valence-electron chi connectivity index (χ3n) is 15.6. The molecule has 19 heteroatoms. The smallest absolute Gasteiger partial charge is 0.462 e. The van der Waals surface area contributed by atoms with Gasteiger partial charge in [0.1, 0.15) is 19.3 Å². The number of hydrogen-bond acceptors (Lipinski definition) is 15. The van der Waals surface area contributed by atoms with Crippen LogP contribution in [0.4, 0.5) is 0 Å². The number of phosphoric ester groups is 2. The van der Waals surface area contributed by atoms with Crippen LogP contribution in [-0.4, -0.2) is 96.7 Å². The molecule has 0 aliphatic carbocycles. The predicted molar refractivity (Wildman–Crippen MR) is 345 cm³/mol. The van der Waals surface area contributed by atoms with Crippen LogP contribution in [0.2, 0.25) is 0 Å². The average molecular weight is 1270 g/mol. The van der Waals surface area contributed by atoms with Crippen LogP contribution in [0.25, 0.3) is 0 Å². The van der Waals surface area contributed by atoms with Gasteiger partial charge in [0, 0.05) is 25.7 Å². The number of carbonyl (C=O) groups is 4. The molecule has 0 aromatic rings. The molecule has 0 heterocycles. The molecule has 0 spiro atoms. The summed E-state index contributed by atoms with van der Waals surface area (Å²) in [7, 11) is -9.88. The lowest BCUT2D eigenvalue weighted by Gasteiger charge is -2.21. The minimum Gasteiger partial charge on any atom is -0.462 e. The lowest BCUT2D eigenvalue weighted by atomic mass is 10.0.